The number of halogens is 2. The van der Waals surface area contributed by atoms with Gasteiger partial charge in [-0.15, -0.1) is 0 Å². The van der Waals surface area contributed by atoms with E-state index in [0.717, 1.165) is 10.5 Å². The van der Waals surface area contributed by atoms with E-state index in [1.54, 1.807) is 0 Å². The van der Waals surface area contributed by atoms with Crippen molar-refractivity contribution in [2.45, 2.75) is 19.4 Å². The fourth-order valence-electron chi connectivity index (χ4n) is 2.26. The van der Waals surface area contributed by atoms with E-state index >= 15 is 0 Å². The maximum absolute atomic E-state index is 12.2. The van der Waals surface area contributed by atoms with E-state index in [9.17, 15) is 19.2 Å². The minimum atomic E-state index is -1.02. The van der Waals surface area contributed by atoms with Crippen LogP contribution in [0.15, 0.2) is 21.1 Å². The molecule has 1 heterocycles. The molecule has 1 saturated heterocycles. The Kier molecular flexibility index (Phi) is 6.17. The molecular formula is C15H15Br2N3O5. The standard InChI is InChI=1S/C15H15Br2N3O5/c1-7-3-8(16)13(9(17)4-7)19-11(21)6-20-14(23)10(18-15(20)24)5-12(22)25-2/h3-4,10H,5-6H2,1-2H3,(H,18,24)(H,19,21)/t10-/m0/s1. The Bertz CT molecular complexity index is 730. The number of urea groups is 1. The predicted octanol–water partition coefficient (Wildman–Crippen LogP) is 1.94. The number of imide groups is 1. The van der Waals surface area contributed by atoms with Crippen LogP contribution in [-0.4, -0.2) is 48.4 Å². The molecule has 10 heteroatoms. The number of amides is 4. The maximum atomic E-state index is 12.2. The van der Waals surface area contributed by atoms with Crippen molar-refractivity contribution in [1.29, 1.82) is 0 Å². The van der Waals surface area contributed by atoms with E-state index in [1.165, 1.54) is 7.11 Å². The number of aryl methyl sites for hydroxylation is 1. The zero-order valence-corrected chi connectivity index (χ0v) is 16.6. The Morgan fingerprint density at radius 3 is 2.44 bits per heavy atom. The molecule has 2 rings (SSSR count). The third-order valence-electron chi connectivity index (χ3n) is 3.46. The molecule has 0 aromatic heterocycles. The summed E-state index contributed by atoms with van der Waals surface area (Å²) in [7, 11) is 1.19. The van der Waals surface area contributed by atoms with Gasteiger partial charge in [-0.2, -0.15) is 0 Å². The highest BCUT2D eigenvalue weighted by Crippen LogP contribution is 2.32. The van der Waals surface area contributed by atoms with Crippen LogP contribution in [0.2, 0.25) is 0 Å². The number of ether oxygens (including phenoxy) is 1. The monoisotopic (exact) mass is 475 g/mol. The van der Waals surface area contributed by atoms with Crippen LogP contribution in [-0.2, 0) is 19.1 Å². The van der Waals surface area contributed by atoms with Gasteiger partial charge in [0.05, 0.1) is 19.2 Å². The highest BCUT2D eigenvalue weighted by molar-refractivity contribution is 9.11. The SMILES string of the molecule is COC(=O)C[C@@H]1NC(=O)N(CC(=O)Nc2c(Br)cc(C)cc2Br)C1=O. The van der Waals surface area contributed by atoms with Gasteiger partial charge in [0.2, 0.25) is 5.91 Å². The van der Waals surface area contributed by atoms with E-state index in [4.69, 9.17) is 0 Å². The van der Waals surface area contributed by atoms with Crippen LogP contribution in [0.25, 0.3) is 0 Å². The molecule has 0 aliphatic carbocycles. The zero-order chi connectivity index (χ0) is 18.7. The molecule has 0 radical (unpaired) electrons. The Morgan fingerprint density at radius 2 is 1.88 bits per heavy atom. The first-order chi connectivity index (χ1) is 11.7. The fraction of sp³-hybridized carbons (Fsp3) is 0.333. The van der Waals surface area contributed by atoms with Gasteiger partial charge in [0.15, 0.2) is 0 Å². The van der Waals surface area contributed by atoms with Gasteiger partial charge >= 0.3 is 12.0 Å². The molecule has 25 heavy (non-hydrogen) atoms. The largest absolute Gasteiger partial charge is 0.469 e. The third-order valence-corrected chi connectivity index (χ3v) is 4.71. The van der Waals surface area contributed by atoms with Crippen LogP contribution in [0.1, 0.15) is 12.0 Å². The van der Waals surface area contributed by atoms with Crippen LogP contribution < -0.4 is 10.6 Å². The summed E-state index contributed by atoms with van der Waals surface area (Å²) in [5.74, 6) is -1.82. The lowest BCUT2D eigenvalue weighted by atomic mass is 10.2. The lowest BCUT2D eigenvalue weighted by Gasteiger charge is -2.15. The summed E-state index contributed by atoms with van der Waals surface area (Å²) in [6.07, 6.45) is -0.283. The first kappa shape index (κ1) is 19.4. The molecule has 1 atom stereocenters. The summed E-state index contributed by atoms with van der Waals surface area (Å²) in [4.78, 5) is 48.3. The van der Waals surface area contributed by atoms with Crippen LogP contribution in [0, 0.1) is 6.92 Å². The molecular weight excluding hydrogens is 462 g/mol. The van der Waals surface area contributed by atoms with Crippen molar-refractivity contribution in [1.82, 2.24) is 10.2 Å². The molecule has 1 fully saturated rings. The van der Waals surface area contributed by atoms with Gasteiger partial charge in [-0.1, -0.05) is 0 Å². The van der Waals surface area contributed by atoms with E-state index in [1.807, 2.05) is 19.1 Å². The summed E-state index contributed by atoms with van der Waals surface area (Å²) in [5.41, 5.74) is 1.48. The molecule has 134 valence electrons. The second-order valence-electron chi connectivity index (χ2n) is 5.36. The van der Waals surface area contributed by atoms with Crippen LogP contribution >= 0.6 is 31.9 Å². The van der Waals surface area contributed by atoms with Crippen LogP contribution in [0.3, 0.4) is 0 Å². The average Bonchev–Trinajstić information content (AvgIpc) is 2.78. The van der Waals surface area contributed by atoms with Gasteiger partial charge in [-0.25, -0.2) is 4.79 Å². The number of anilines is 1. The van der Waals surface area contributed by atoms with Crippen molar-refractivity contribution in [3.8, 4) is 0 Å². The molecule has 1 aliphatic rings. The van der Waals surface area contributed by atoms with Crippen molar-refractivity contribution in [2.75, 3.05) is 19.0 Å². The number of nitrogens with zero attached hydrogens (tertiary/aromatic N) is 1. The van der Waals surface area contributed by atoms with Gasteiger partial charge in [0.1, 0.15) is 12.6 Å². The van der Waals surface area contributed by atoms with E-state index < -0.39 is 36.4 Å². The van der Waals surface area contributed by atoms with Gasteiger partial charge in [-0.3, -0.25) is 19.3 Å². The smallest absolute Gasteiger partial charge is 0.325 e. The lowest BCUT2D eigenvalue weighted by Crippen LogP contribution is -2.38. The summed E-state index contributed by atoms with van der Waals surface area (Å²) in [6, 6.07) is 1.89. The lowest BCUT2D eigenvalue weighted by molar-refractivity contribution is -0.143. The summed E-state index contributed by atoms with van der Waals surface area (Å²) in [5, 5.41) is 5.00. The topological polar surface area (TPSA) is 105 Å². The second-order valence-corrected chi connectivity index (χ2v) is 7.07. The molecule has 0 bridgehead atoms. The first-order valence-electron chi connectivity index (χ1n) is 7.17. The molecule has 1 aromatic carbocycles. The number of nitrogens with one attached hydrogen (secondary N) is 2. The number of carbonyl (C=O) groups is 4. The second kappa shape index (κ2) is 7.96. The number of benzene rings is 1. The molecule has 4 amide bonds. The number of carbonyl (C=O) groups excluding carboxylic acids is 4. The van der Waals surface area contributed by atoms with Gasteiger partial charge < -0.3 is 15.4 Å². The molecule has 1 aromatic rings. The van der Waals surface area contributed by atoms with E-state index in [-0.39, 0.29) is 6.42 Å². The molecule has 8 nitrogen and oxygen atoms in total. The van der Waals surface area contributed by atoms with Gasteiger partial charge in [-0.05, 0) is 56.5 Å². The zero-order valence-electron chi connectivity index (χ0n) is 13.4. The number of hydrogen-bond acceptors (Lipinski definition) is 5. The third kappa shape index (κ3) is 4.57. The number of esters is 1. The Balaban J connectivity index is 2.04. The van der Waals surface area contributed by atoms with Crippen molar-refractivity contribution < 1.29 is 23.9 Å². The minimum Gasteiger partial charge on any atom is -0.469 e. The highest BCUT2D eigenvalue weighted by Gasteiger charge is 2.40. The Hall–Kier alpha value is -1.94. The number of rotatable bonds is 5. The van der Waals surface area contributed by atoms with Gasteiger partial charge in [0, 0.05) is 8.95 Å². The number of methoxy groups -OCH3 is 1. The Morgan fingerprint density at radius 1 is 1.28 bits per heavy atom. The fourth-order valence-corrected chi connectivity index (χ4v) is 3.87. The minimum absolute atomic E-state index is 0.283. The maximum Gasteiger partial charge on any atom is 0.325 e. The molecule has 0 spiro atoms. The van der Waals surface area contributed by atoms with Crippen LogP contribution in [0.5, 0.6) is 0 Å². The van der Waals surface area contributed by atoms with Gasteiger partial charge in [0.25, 0.3) is 5.91 Å². The van der Waals surface area contributed by atoms with Crippen molar-refractivity contribution in [3.05, 3.63) is 26.6 Å². The Labute approximate surface area is 160 Å². The van der Waals surface area contributed by atoms with E-state index in [0.29, 0.717) is 14.6 Å². The normalized spacial score (nSPS) is 16.6. The predicted molar refractivity (Wildman–Crippen MR) is 95.9 cm³/mol. The first-order valence-corrected chi connectivity index (χ1v) is 8.75. The summed E-state index contributed by atoms with van der Waals surface area (Å²) >= 11 is 6.70. The van der Waals surface area contributed by atoms with E-state index in [2.05, 4.69) is 47.2 Å². The molecule has 2 N–H and O–H groups in total. The van der Waals surface area contributed by atoms with Crippen molar-refractivity contribution >= 4 is 61.4 Å². The number of hydrogen-bond donors (Lipinski definition) is 2. The summed E-state index contributed by atoms with van der Waals surface area (Å²) in [6.45, 7) is 1.44. The van der Waals surface area contributed by atoms with Crippen molar-refractivity contribution in [3.63, 3.8) is 0 Å². The van der Waals surface area contributed by atoms with Crippen molar-refractivity contribution in [2.24, 2.45) is 0 Å². The summed E-state index contributed by atoms with van der Waals surface area (Å²) < 4.78 is 5.80. The molecule has 1 aliphatic heterocycles. The highest BCUT2D eigenvalue weighted by atomic mass is 79.9. The molecule has 0 saturated carbocycles. The average molecular weight is 477 g/mol. The quantitative estimate of drug-likeness (QED) is 0.499. The molecule has 0 unspecified atom stereocenters. The van der Waals surface area contributed by atoms with Crippen LogP contribution in [0.4, 0.5) is 10.5 Å².